The zero-order valence-electron chi connectivity index (χ0n) is 12.0. The number of carboxylic acid groups (broad SMARTS) is 1. The topological polar surface area (TPSA) is 70.1 Å². The Morgan fingerprint density at radius 2 is 1.75 bits per heavy atom. The van der Waals surface area contributed by atoms with Gasteiger partial charge in [0.2, 0.25) is 0 Å². The summed E-state index contributed by atoms with van der Waals surface area (Å²) >= 11 is 0. The number of aliphatic carboxylic acids is 1. The van der Waals surface area contributed by atoms with Crippen molar-refractivity contribution < 1.29 is 19.4 Å². The number of hydrogen-bond donors (Lipinski definition) is 1. The monoisotopic (exact) mass is 280 g/mol. The summed E-state index contributed by atoms with van der Waals surface area (Å²) in [5.41, 5.74) is 0.439. The largest absolute Gasteiger partial charge is 0.492 e. The predicted octanol–water partition coefficient (Wildman–Crippen LogP) is 0.784. The number of carbonyl (C=O) groups excluding carboxylic acids is 1. The molecular weight excluding hydrogens is 260 g/mol. The highest BCUT2D eigenvalue weighted by Gasteiger charge is 2.14. The van der Waals surface area contributed by atoms with Crippen molar-refractivity contribution in [1.29, 1.82) is 0 Å². The molecule has 0 saturated carbocycles. The third-order valence-corrected chi connectivity index (χ3v) is 2.63. The van der Waals surface area contributed by atoms with Crippen LogP contribution in [-0.2, 0) is 4.79 Å². The Hall–Kier alpha value is -2.08. The molecule has 1 aromatic carbocycles. The van der Waals surface area contributed by atoms with Crippen molar-refractivity contribution >= 4 is 11.9 Å². The van der Waals surface area contributed by atoms with Crippen molar-refractivity contribution in [1.82, 2.24) is 9.80 Å². The highest BCUT2D eigenvalue weighted by atomic mass is 16.5. The molecule has 1 aromatic rings. The lowest BCUT2D eigenvalue weighted by molar-refractivity contribution is -0.137. The van der Waals surface area contributed by atoms with E-state index in [1.807, 2.05) is 19.0 Å². The van der Waals surface area contributed by atoms with Crippen molar-refractivity contribution in [2.45, 2.75) is 0 Å². The van der Waals surface area contributed by atoms with Gasteiger partial charge in [-0.2, -0.15) is 0 Å². The van der Waals surface area contributed by atoms with E-state index in [0.29, 0.717) is 17.9 Å². The number of likely N-dealkylation sites (N-methyl/N-ethyl adjacent to an activating group) is 2. The van der Waals surface area contributed by atoms with Crippen LogP contribution in [0, 0.1) is 0 Å². The maximum absolute atomic E-state index is 11.9. The molecule has 0 aliphatic heterocycles. The van der Waals surface area contributed by atoms with Gasteiger partial charge in [-0.3, -0.25) is 9.59 Å². The summed E-state index contributed by atoms with van der Waals surface area (Å²) in [5.74, 6) is -0.680. The molecule has 1 N–H and O–H groups in total. The van der Waals surface area contributed by atoms with Crippen LogP contribution in [0.5, 0.6) is 5.75 Å². The minimum atomic E-state index is -1.04. The van der Waals surface area contributed by atoms with Crippen LogP contribution < -0.4 is 4.74 Å². The van der Waals surface area contributed by atoms with Crippen molar-refractivity contribution in [3.8, 4) is 5.75 Å². The molecule has 20 heavy (non-hydrogen) atoms. The van der Waals surface area contributed by atoms with E-state index in [4.69, 9.17) is 9.84 Å². The number of carbonyl (C=O) groups is 2. The van der Waals surface area contributed by atoms with E-state index in [1.54, 1.807) is 24.3 Å². The fourth-order valence-corrected chi connectivity index (χ4v) is 1.53. The minimum absolute atomic E-state index is 0.320. The van der Waals surface area contributed by atoms with E-state index in [1.165, 1.54) is 7.05 Å². The fraction of sp³-hybridized carbons (Fsp3) is 0.429. The van der Waals surface area contributed by atoms with Gasteiger partial charge in [-0.1, -0.05) is 0 Å². The molecular formula is C14H20N2O4. The van der Waals surface area contributed by atoms with Crippen LogP contribution >= 0.6 is 0 Å². The second-order valence-electron chi connectivity index (χ2n) is 4.73. The fourth-order valence-electron chi connectivity index (χ4n) is 1.53. The Balaban J connectivity index is 2.57. The molecule has 0 fully saturated rings. The van der Waals surface area contributed by atoms with Crippen molar-refractivity contribution in [3.63, 3.8) is 0 Å². The predicted molar refractivity (Wildman–Crippen MR) is 75.1 cm³/mol. The molecule has 0 atom stereocenters. The summed E-state index contributed by atoms with van der Waals surface area (Å²) in [5, 5.41) is 8.65. The molecule has 0 radical (unpaired) electrons. The van der Waals surface area contributed by atoms with E-state index in [2.05, 4.69) is 0 Å². The van der Waals surface area contributed by atoms with Gasteiger partial charge in [0, 0.05) is 19.2 Å². The SMILES string of the molecule is CN(C)CCOc1ccc(C(=O)N(C)CC(=O)O)cc1. The van der Waals surface area contributed by atoms with E-state index in [9.17, 15) is 9.59 Å². The highest BCUT2D eigenvalue weighted by molar-refractivity contribution is 5.95. The molecule has 0 saturated heterocycles. The Kier molecular flexibility index (Phi) is 5.99. The zero-order chi connectivity index (χ0) is 15.1. The number of amides is 1. The van der Waals surface area contributed by atoms with E-state index in [0.717, 1.165) is 11.4 Å². The molecule has 0 spiro atoms. The maximum atomic E-state index is 11.9. The van der Waals surface area contributed by atoms with Gasteiger partial charge in [-0.05, 0) is 38.4 Å². The minimum Gasteiger partial charge on any atom is -0.492 e. The van der Waals surface area contributed by atoms with Crippen molar-refractivity contribution in [2.24, 2.45) is 0 Å². The second-order valence-corrected chi connectivity index (χ2v) is 4.73. The lowest BCUT2D eigenvalue weighted by atomic mass is 10.2. The van der Waals surface area contributed by atoms with Gasteiger partial charge in [0.15, 0.2) is 0 Å². The van der Waals surface area contributed by atoms with E-state index >= 15 is 0 Å². The molecule has 1 rings (SSSR count). The standard InChI is InChI=1S/C14H20N2O4/c1-15(2)8-9-20-12-6-4-11(5-7-12)14(19)16(3)10-13(17)18/h4-7H,8-10H2,1-3H3,(H,17,18). The quantitative estimate of drug-likeness (QED) is 0.799. The Morgan fingerprint density at radius 1 is 1.15 bits per heavy atom. The Morgan fingerprint density at radius 3 is 2.25 bits per heavy atom. The average Bonchev–Trinajstić information content (AvgIpc) is 2.37. The molecule has 0 bridgehead atoms. The Bertz CT molecular complexity index is 457. The van der Waals surface area contributed by atoms with Gasteiger partial charge in [0.1, 0.15) is 18.9 Å². The van der Waals surface area contributed by atoms with Crippen LogP contribution in [0.4, 0.5) is 0 Å². The lowest BCUT2D eigenvalue weighted by Gasteiger charge is -2.15. The number of rotatable bonds is 7. The molecule has 1 amide bonds. The van der Waals surface area contributed by atoms with Crippen LogP contribution in [0.1, 0.15) is 10.4 Å². The molecule has 0 aliphatic carbocycles. The summed E-state index contributed by atoms with van der Waals surface area (Å²) in [4.78, 5) is 25.6. The molecule has 6 heteroatoms. The third kappa shape index (κ3) is 5.27. The van der Waals surface area contributed by atoms with Crippen molar-refractivity contribution in [3.05, 3.63) is 29.8 Å². The number of benzene rings is 1. The van der Waals surface area contributed by atoms with Gasteiger partial charge in [-0.15, -0.1) is 0 Å². The van der Waals surface area contributed by atoms with Crippen LogP contribution in [0.3, 0.4) is 0 Å². The number of nitrogens with zero attached hydrogens (tertiary/aromatic N) is 2. The molecule has 0 heterocycles. The van der Waals surface area contributed by atoms with Crippen LogP contribution in [0.2, 0.25) is 0 Å². The first kappa shape index (κ1) is 16.0. The van der Waals surface area contributed by atoms with E-state index in [-0.39, 0.29) is 12.5 Å². The van der Waals surface area contributed by atoms with Gasteiger partial charge < -0.3 is 19.6 Å². The van der Waals surface area contributed by atoms with Gasteiger partial charge in [0.05, 0.1) is 0 Å². The van der Waals surface area contributed by atoms with Crippen LogP contribution in [-0.4, -0.2) is 67.6 Å². The van der Waals surface area contributed by atoms with E-state index < -0.39 is 5.97 Å². The molecule has 0 unspecified atom stereocenters. The average molecular weight is 280 g/mol. The first-order valence-corrected chi connectivity index (χ1v) is 6.25. The van der Waals surface area contributed by atoms with Crippen LogP contribution in [0.15, 0.2) is 24.3 Å². The van der Waals surface area contributed by atoms with Gasteiger partial charge in [-0.25, -0.2) is 0 Å². The summed E-state index contributed by atoms with van der Waals surface area (Å²) < 4.78 is 5.52. The Labute approximate surface area is 118 Å². The smallest absolute Gasteiger partial charge is 0.323 e. The number of ether oxygens (including phenoxy) is 1. The molecule has 110 valence electrons. The third-order valence-electron chi connectivity index (χ3n) is 2.63. The normalized spacial score (nSPS) is 10.4. The van der Waals surface area contributed by atoms with Gasteiger partial charge in [0.25, 0.3) is 5.91 Å². The molecule has 6 nitrogen and oxygen atoms in total. The highest BCUT2D eigenvalue weighted by Crippen LogP contribution is 2.13. The first-order chi connectivity index (χ1) is 9.40. The van der Waals surface area contributed by atoms with Crippen LogP contribution in [0.25, 0.3) is 0 Å². The summed E-state index contributed by atoms with van der Waals surface area (Å²) in [6.07, 6.45) is 0. The summed E-state index contributed by atoms with van der Waals surface area (Å²) in [6, 6.07) is 6.67. The lowest BCUT2D eigenvalue weighted by Crippen LogP contribution is -2.31. The molecule has 0 aliphatic rings. The molecule has 0 aromatic heterocycles. The number of hydrogen-bond acceptors (Lipinski definition) is 4. The second kappa shape index (κ2) is 7.49. The zero-order valence-corrected chi connectivity index (χ0v) is 12.0. The maximum Gasteiger partial charge on any atom is 0.323 e. The first-order valence-electron chi connectivity index (χ1n) is 6.25. The van der Waals surface area contributed by atoms with Crippen molar-refractivity contribution in [2.75, 3.05) is 40.8 Å². The summed E-state index contributed by atoms with van der Waals surface area (Å²) in [6.45, 7) is 1.06. The summed E-state index contributed by atoms with van der Waals surface area (Å²) in [7, 11) is 5.38. The van der Waals surface area contributed by atoms with Gasteiger partial charge >= 0.3 is 5.97 Å². The number of carboxylic acids is 1.